The second-order valence-corrected chi connectivity index (χ2v) is 7.56. The van der Waals surface area contributed by atoms with Gasteiger partial charge in [-0.05, 0) is 49.8 Å². The lowest BCUT2D eigenvalue weighted by molar-refractivity contribution is 0.257. The lowest BCUT2D eigenvalue weighted by Crippen LogP contribution is -2.19. The number of benzene rings is 1. The Bertz CT molecular complexity index is 633. The molecule has 3 rings (SSSR count). The number of fused-ring (bicyclic) bond motifs is 1. The van der Waals surface area contributed by atoms with Crippen LogP contribution in [0.5, 0.6) is 0 Å². The monoisotopic (exact) mass is 324 g/mol. The van der Waals surface area contributed by atoms with Gasteiger partial charge in [0, 0.05) is 11.6 Å². The average Bonchev–Trinajstić information content (AvgIpc) is 2.77. The Balaban J connectivity index is 1.97. The topological polar surface area (TPSA) is 17.8 Å². The maximum atomic E-state index is 6.35. The predicted molar refractivity (Wildman–Crippen MR) is 90.1 cm³/mol. The summed E-state index contributed by atoms with van der Waals surface area (Å²) in [6.45, 7) is 5.38. The van der Waals surface area contributed by atoms with Gasteiger partial charge < -0.3 is 4.57 Å². The summed E-state index contributed by atoms with van der Waals surface area (Å²) in [7, 11) is 0. The molecule has 1 aromatic heterocycles. The maximum Gasteiger partial charge on any atom is 0.127 e. The Morgan fingerprint density at radius 3 is 2.90 bits per heavy atom. The number of hydrogen-bond donors (Lipinski definition) is 0. The molecule has 1 aliphatic carbocycles. The molecule has 0 aliphatic heterocycles. The summed E-state index contributed by atoms with van der Waals surface area (Å²) < 4.78 is 2.31. The third kappa shape index (κ3) is 3.22. The maximum absolute atomic E-state index is 6.35. The first-order valence-corrected chi connectivity index (χ1v) is 8.65. The zero-order valence-electron chi connectivity index (χ0n) is 12.6. The summed E-state index contributed by atoms with van der Waals surface area (Å²) in [5.74, 6) is 2.54. The molecule has 0 N–H and O–H groups in total. The van der Waals surface area contributed by atoms with Crippen molar-refractivity contribution >= 4 is 34.2 Å². The van der Waals surface area contributed by atoms with Crippen LogP contribution in [0.2, 0.25) is 5.02 Å². The van der Waals surface area contributed by atoms with Gasteiger partial charge in [0.25, 0.3) is 0 Å². The molecule has 0 radical (unpaired) electrons. The van der Waals surface area contributed by atoms with Crippen LogP contribution in [0.1, 0.15) is 50.7 Å². The molecule has 3 unspecified atom stereocenters. The van der Waals surface area contributed by atoms with Crippen molar-refractivity contribution < 1.29 is 0 Å². The van der Waals surface area contributed by atoms with Crippen LogP contribution < -0.4 is 0 Å². The smallest absolute Gasteiger partial charge is 0.127 e. The van der Waals surface area contributed by atoms with E-state index in [1.54, 1.807) is 0 Å². The van der Waals surface area contributed by atoms with E-state index in [1.807, 2.05) is 19.1 Å². The minimum absolute atomic E-state index is 0.0859. The van der Waals surface area contributed by atoms with E-state index in [0.717, 1.165) is 40.3 Å². The van der Waals surface area contributed by atoms with E-state index in [0.29, 0.717) is 0 Å². The summed E-state index contributed by atoms with van der Waals surface area (Å²) >= 11 is 12.4. The first kappa shape index (κ1) is 15.2. The van der Waals surface area contributed by atoms with E-state index >= 15 is 0 Å². The molecule has 2 aromatic rings. The van der Waals surface area contributed by atoms with Crippen LogP contribution in [-0.4, -0.2) is 9.55 Å². The van der Waals surface area contributed by atoms with Gasteiger partial charge in [0.1, 0.15) is 5.82 Å². The largest absolute Gasteiger partial charge is 0.326 e. The lowest BCUT2D eigenvalue weighted by Gasteiger charge is -2.28. The number of imidazole rings is 1. The molecule has 1 heterocycles. The van der Waals surface area contributed by atoms with E-state index in [-0.39, 0.29) is 5.38 Å². The van der Waals surface area contributed by atoms with E-state index in [9.17, 15) is 0 Å². The van der Waals surface area contributed by atoms with Crippen LogP contribution >= 0.6 is 23.2 Å². The van der Waals surface area contributed by atoms with Gasteiger partial charge in [-0.3, -0.25) is 0 Å². The molecule has 1 aromatic carbocycles. The van der Waals surface area contributed by atoms with Gasteiger partial charge in [-0.2, -0.15) is 0 Å². The van der Waals surface area contributed by atoms with Crippen LogP contribution in [-0.2, 0) is 6.54 Å². The van der Waals surface area contributed by atoms with Crippen molar-refractivity contribution in [2.24, 2.45) is 11.8 Å². The molecule has 0 amide bonds. The Morgan fingerprint density at radius 2 is 2.19 bits per heavy atom. The normalized spacial score (nSPS) is 24.4. The van der Waals surface area contributed by atoms with Crippen LogP contribution in [0.25, 0.3) is 11.0 Å². The highest BCUT2D eigenvalue weighted by Crippen LogP contribution is 2.33. The minimum atomic E-state index is -0.0859. The highest BCUT2D eigenvalue weighted by atomic mass is 35.5. The van der Waals surface area contributed by atoms with E-state index in [4.69, 9.17) is 28.2 Å². The van der Waals surface area contributed by atoms with E-state index in [2.05, 4.69) is 17.6 Å². The van der Waals surface area contributed by atoms with Gasteiger partial charge in [0.15, 0.2) is 0 Å². The molecule has 114 valence electrons. The molecule has 4 heteroatoms. The van der Waals surface area contributed by atoms with E-state index < -0.39 is 0 Å². The molecular formula is C17H22Cl2N2. The van der Waals surface area contributed by atoms with Crippen LogP contribution in [0.3, 0.4) is 0 Å². The third-order valence-corrected chi connectivity index (χ3v) is 5.01. The number of aromatic nitrogens is 2. The molecule has 1 aliphatic rings. The minimum Gasteiger partial charge on any atom is -0.326 e. The molecule has 0 saturated heterocycles. The molecule has 3 atom stereocenters. The van der Waals surface area contributed by atoms with Gasteiger partial charge >= 0.3 is 0 Å². The number of halogens is 2. The summed E-state index contributed by atoms with van der Waals surface area (Å²) in [6.07, 6.45) is 5.34. The standard InChI is InChI=1S/C17H22Cl2N2/c1-11-4-3-5-13(8-11)10-21-16-7-6-14(19)9-15(16)20-17(21)12(2)18/h6-7,9,11-13H,3-5,8,10H2,1-2H3. The highest BCUT2D eigenvalue weighted by Gasteiger charge is 2.22. The second kappa shape index (κ2) is 6.18. The van der Waals surface area contributed by atoms with Crippen molar-refractivity contribution in [3.05, 3.63) is 29.0 Å². The zero-order chi connectivity index (χ0) is 15.0. The average molecular weight is 325 g/mol. The predicted octanol–water partition coefficient (Wildman–Crippen LogP) is 5.82. The summed E-state index contributed by atoms with van der Waals surface area (Å²) in [4.78, 5) is 4.70. The van der Waals surface area contributed by atoms with Gasteiger partial charge in [0.05, 0.1) is 16.4 Å². The van der Waals surface area contributed by atoms with Crippen LogP contribution in [0, 0.1) is 11.8 Å². The molecular weight excluding hydrogens is 303 g/mol. The Labute approximate surface area is 136 Å². The molecule has 0 bridgehead atoms. The highest BCUT2D eigenvalue weighted by molar-refractivity contribution is 6.31. The number of rotatable bonds is 3. The van der Waals surface area contributed by atoms with Gasteiger partial charge in [-0.1, -0.05) is 31.4 Å². The molecule has 1 fully saturated rings. The number of nitrogens with zero attached hydrogens (tertiary/aromatic N) is 2. The molecule has 1 saturated carbocycles. The van der Waals surface area contributed by atoms with Crippen molar-refractivity contribution in [2.45, 2.75) is 51.5 Å². The number of hydrogen-bond acceptors (Lipinski definition) is 1. The fourth-order valence-corrected chi connectivity index (χ4v) is 3.93. The quantitative estimate of drug-likeness (QED) is 0.651. The van der Waals surface area contributed by atoms with Crippen molar-refractivity contribution in [1.29, 1.82) is 0 Å². The van der Waals surface area contributed by atoms with Gasteiger partial charge in [-0.25, -0.2) is 4.98 Å². The SMILES string of the molecule is CC1CCCC(Cn2c(C(C)Cl)nc3cc(Cl)ccc32)C1. The van der Waals surface area contributed by atoms with E-state index in [1.165, 1.54) is 25.7 Å². The van der Waals surface area contributed by atoms with Crippen molar-refractivity contribution in [1.82, 2.24) is 9.55 Å². The fraction of sp³-hybridized carbons (Fsp3) is 0.588. The van der Waals surface area contributed by atoms with Crippen molar-refractivity contribution in [2.75, 3.05) is 0 Å². The molecule has 2 nitrogen and oxygen atoms in total. The molecule has 0 spiro atoms. The third-order valence-electron chi connectivity index (χ3n) is 4.58. The summed E-state index contributed by atoms with van der Waals surface area (Å²) in [5, 5.41) is 0.643. The first-order valence-electron chi connectivity index (χ1n) is 7.84. The van der Waals surface area contributed by atoms with Gasteiger partial charge in [0.2, 0.25) is 0 Å². The fourth-order valence-electron chi connectivity index (χ4n) is 3.60. The van der Waals surface area contributed by atoms with Crippen molar-refractivity contribution in [3.63, 3.8) is 0 Å². The number of alkyl halides is 1. The second-order valence-electron chi connectivity index (χ2n) is 6.47. The van der Waals surface area contributed by atoms with Gasteiger partial charge in [-0.15, -0.1) is 11.6 Å². The zero-order valence-corrected chi connectivity index (χ0v) is 14.2. The molecule has 21 heavy (non-hydrogen) atoms. The Morgan fingerprint density at radius 1 is 1.38 bits per heavy atom. The first-order chi connectivity index (χ1) is 10.0. The summed E-state index contributed by atoms with van der Waals surface area (Å²) in [6, 6.07) is 5.94. The Kier molecular flexibility index (Phi) is 4.46. The van der Waals surface area contributed by atoms with Crippen LogP contribution in [0.4, 0.5) is 0 Å². The van der Waals surface area contributed by atoms with Crippen LogP contribution in [0.15, 0.2) is 18.2 Å². The Hall–Kier alpha value is -0.730. The van der Waals surface area contributed by atoms with Crippen molar-refractivity contribution in [3.8, 4) is 0 Å². The lowest BCUT2D eigenvalue weighted by atomic mass is 9.82. The summed E-state index contributed by atoms with van der Waals surface area (Å²) in [5.41, 5.74) is 2.11.